The fourth-order valence-electron chi connectivity index (χ4n) is 2.62. The molecule has 0 aliphatic carbocycles. The fraction of sp³-hybridized carbons (Fsp3) is 0.357. The molecule has 2 unspecified atom stereocenters. The predicted molar refractivity (Wildman–Crippen MR) is 83.8 cm³/mol. The Morgan fingerprint density at radius 1 is 1.32 bits per heavy atom. The van der Waals surface area contributed by atoms with Gasteiger partial charge in [0.25, 0.3) is 0 Å². The van der Waals surface area contributed by atoms with E-state index in [0.29, 0.717) is 29.7 Å². The number of halogens is 2. The molecule has 22 heavy (non-hydrogen) atoms. The maximum absolute atomic E-state index is 12.0. The Morgan fingerprint density at radius 3 is 2.82 bits per heavy atom. The van der Waals surface area contributed by atoms with Gasteiger partial charge in [0.1, 0.15) is 6.10 Å². The Hall–Kier alpha value is -1.47. The molecule has 1 aliphatic rings. The van der Waals surface area contributed by atoms with Gasteiger partial charge in [-0.15, -0.1) is 0 Å². The van der Waals surface area contributed by atoms with Gasteiger partial charge < -0.3 is 15.2 Å². The second-order valence-electron chi connectivity index (χ2n) is 5.09. The lowest BCUT2D eigenvalue weighted by Gasteiger charge is -2.25. The van der Waals surface area contributed by atoms with Crippen molar-refractivity contribution in [2.75, 3.05) is 19.7 Å². The first-order chi connectivity index (χ1) is 10.6. The summed E-state index contributed by atoms with van der Waals surface area (Å²) in [5.41, 5.74) is 0.440. The minimum Gasteiger partial charge on any atom is -0.493 e. The molecule has 3 N–H and O–H groups in total. The van der Waals surface area contributed by atoms with E-state index < -0.39 is 0 Å². The van der Waals surface area contributed by atoms with Gasteiger partial charge in [-0.05, 0) is 17.7 Å². The third-order valence-electron chi connectivity index (χ3n) is 3.64. The lowest BCUT2D eigenvalue weighted by atomic mass is 10.0. The lowest BCUT2D eigenvalue weighted by molar-refractivity contribution is 0.0336. The molecular weight excluding hydrogens is 329 g/mol. The number of hydrogen-bond donors (Lipinski definition) is 3. The van der Waals surface area contributed by atoms with E-state index in [4.69, 9.17) is 27.9 Å². The minimum absolute atomic E-state index is 0.179. The number of rotatable bonds is 2. The summed E-state index contributed by atoms with van der Waals surface area (Å²) in [5, 5.41) is 13.6. The van der Waals surface area contributed by atoms with Gasteiger partial charge in [0, 0.05) is 13.1 Å². The standard InChI is InChI=1S/C14H15Cl2N3O3/c15-9-2-1-8(5-10(9)16)13-11(6-17-3-4-22-13)19-7-12(20)18-14(19)21/h1-2,5,7,11,13,17,20H,3-4,6H2,(H,18,21). The molecule has 118 valence electrons. The summed E-state index contributed by atoms with van der Waals surface area (Å²) < 4.78 is 7.33. The van der Waals surface area contributed by atoms with Crippen LogP contribution in [0.15, 0.2) is 29.2 Å². The highest BCUT2D eigenvalue weighted by Crippen LogP contribution is 2.34. The summed E-state index contributed by atoms with van der Waals surface area (Å²) in [7, 11) is 0. The van der Waals surface area contributed by atoms with Crippen molar-refractivity contribution in [2.24, 2.45) is 0 Å². The molecule has 1 aliphatic heterocycles. The van der Waals surface area contributed by atoms with Crippen molar-refractivity contribution in [3.05, 3.63) is 50.5 Å². The number of benzene rings is 1. The molecule has 1 aromatic carbocycles. The predicted octanol–water partition coefficient (Wildman–Crippen LogP) is 2.09. The second-order valence-corrected chi connectivity index (χ2v) is 5.90. The largest absolute Gasteiger partial charge is 0.493 e. The molecule has 2 atom stereocenters. The Labute approximate surface area is 136 Å². The quantitative estimate of drug-likeness (QED) is 0.780. The second kappa shape index (κ2) is 6.34. The number of aromatic amines is 1. The molecule has 3 rings (SSSR count). The molecule has 0 spiro atoms. The highest BCUT2D eigenvalue weighted by molar-refractivity contribution is 6.42. The van der Waals surface area contributed by atoms with E-state index in [2.05, 4.69) is 10.3 Å². The molecular formula is C14H15Cl2N3O3. The van der Waals surface area contributed by atoms with E-state index in [1.807, 2.05) is 6.07 Å². The normalized spacial score (nSPS) is 22.5. The van der Waals surface area contributed by atoms with Crippen LogP contribution in [0.25, 0.3) is 0 Å². The lowest BCUT2D eigenvalue weighted by Crippen LogP contribution is -2.32. The monoisotopic (exact) mass is 343 g/mol. The van der Waals surface area contributed by atoms with Crippen LogP contribution in [0.1, 0.15) is 17.7 Å². The fourth-order valence-corrected chi connectivity index (χ4v) is 2.93. The topological polar surface area (TPSA) is 79.3 Å². The Kier molecular flexibility index (Phi) is 4.44. The van der Waals surface area contributed by atoms with Gasteiger partial charge in [0.05, 0.1) is 28.9 Å². The van der Waals surface area contributed by atoms with Gasteiger partial charge in [-0.1, -0.05) is 29.3 Å². The average molecular weight is 344 g/mol. The van der Waals surface area contributed by atoms with Crippen LogP contribution >= 0.6 is 23.2 Å². The average Bonchev–Trinajstić information content (AvgIpc) is 2.69. The van der Waals surface area contributed by atoms with Crippen molar-refractivity contribution in [1.82, 2.24) is 14.9 Å². The first kappa shape index (κ1) is 15.4. The zero-order valence-electron chi connectivity index (χ0n) is 11.6. The van der Waals surface area contributed by atoms with Gasteiger partial charge >= 0.3 is 5.69 Å². The molecule has 0 radical (unpaired) electrons. The van der Waals surface area contributed by atoms with Crippen LogP contribution in [0.2, 0.25) is 10.0 Å². The summed E-state index contributed by atoms with van der Waals surface area (Å²) in [6, 6.07) is 4.96. The zero-order valence-corrected chi connectivity index (χ0v) is 13.1. The Bertz CT molecular complexity index is 728. The smallest absolute Gasteiger partial charge is 0.328 e. The van der Waals surface area contributed by atoms with Crippen molar-refractivity contribution >= 4 is 23.2 Å². The van der Waals surface area contributed by atoms with Crippen molar-refractivity contribution in [2.45, 2.75) is 12.1 Å². The third-order valence-corrected chi connectivity index (χ3v) is 4.38. The summed E-state index contributed by atoms with van der Waals surface area (Å²) in [5.74, 6) is -0.179. The first-order valence-corrected chi connectivity index (χ1v) is 7.59. The number of aromatic nitrogens is 2. The maximum Gasteiger partial charge on any atom is 0.328 e. The van der Waals surface area contributed by atoms with E-state index in [1.165, 1.54) is 10.8 Å². The van der Waals surface area contributed by atoms with Gasteiger partial charge in [0.2, 0.25) is 5.88 Å². The molecule has 1 saturated heterocycles. The van der Waals surface area contributed by atoms with Crippen LogP contribution in [0.5, 0.6) is 5.88 Å². The Morgan fingerprint density at radius 2 is 2.14 bits per heavy atom. The summed E-state index contributed by atoms with van der Waals surface area (Å²) >= 11 is 12.0. The van der Waals surface area contributed by atoms with E-state index in [9.17, 15) is 9.90 Å². The molecule has 1 fully saturated rings. The van der Waals surface area contributed by atoms with Crippen molar-refractivity contribution < 1.29 is 9.84 Å². The Balaban J connectivity index is 2.02. The van der Waals surface area contributed by atoms with E-state index >= 15 is 0 Å². The van der Waals surface area contributed by atoms with Gasteiger partial charge in [-0.25, -0.2) is 4.79 Å². The highest BCUT2D eigenvalue weighted by Gasteiger charge is 2.29. The first-order valence-electron chi connectivity index (χ1n) is 6.83. The van der Waals surface area contributed by atoms with Crippen molar-refractivity contribution in [1.29, 1.82) is 0 Å². The molecule has 0 amide bonds. The highest BCUT2D eigenvalue weighted by atomic mass is 35.5. The van der Waals surface area contributed by atoms with Crippen LogP contribution in [-0.2, 0) is 4.74 Å². The minimum atomic E-state index is -0.389. The SMILES string of the molecule is O=c1[nH]c(O)cn1C1CNCCOC1c1ccc(Cl)c(Cl)c1. The number of ether oxygens (including phenoxy) is 1. The summed E-state index contributed by atoms with van der Waals surface area (Å²) in [4.78, 5) is 14.3. The van der Waals surface area contributed by atoms with Crippen molar-refractivity contribution in [3.8, 4) is 5.88 Å². The molecule has 6 nitrogen and oxygen atoms in total. The number of hydrogen-bond acceptors (Lipinski definition) is 4. The van der Waals surface area contributed by atoms with E-state index in [1.54, 1.807) is 12.1 Å². The van der Waals surface area contributed by atoms with Crippen LogP contribution < -0.4 is 11.0 Å². The molecule has 2 aromatic rings. The van der Waals surface area contributed by atoms with E-state index in [-0.39, 0.29) is 23.7 Å². The maximum atomic E-state index is 12.0. The van der Waals surface area contributed by atoms with Crippen LogP contribution in [0, 0.1) is 0 Å². The van der Waals surface area contributed by atoms with Gasteiger partial charge in [-0.3, -0.25) is 9.55 Å². The number of nitrogens with zero attached hydrogens (tertiary/aromatic N) is 1. The van der Waals surface area contributed by atoms with Crippen LogP contribution in [0.3, 0.4) is 0 Å². The zero-order chi connectivity index (χ0) is 15.7. The number of nitrogens with one attached hydrogen (secondary N) is 2. The van der Waals surface area contributed by atoms with Gasteiger partial charge in [0.15, 0.2) is 0 Å². The van der Waals surface area contributed by atoms with Gasteiger partial charge in [-0.2, -0.15) is 0 Å². The number of aromatic hydroxyl groups is 1. The molecule has 2 heterocycles. The molecule has 0 bridgehead atoms. The van der Waals surface area contributed by atoms with E-state index in [0.717, 1.165) is 5.56 Å². The van der Waals surface area contributed by atoms with Crippen molar-refractivity contribution in [3.63, 3.8) is 0 Å². The van der Waals surface area contributed by atoms with Crippen LogP contribution in [0.4, 0.5) is 0 Å². The number of H-pyrrole nitrogens is 1. The molecule has 0 saturated carbocycles. The third kappa shape index (κ3) is 3.01. The molecule has 1 aromatic heterocycles. The summed E-state index contributed by atoms with van der Waals surface area (Å²) in [6.45, 7) is 1.72. The molecule has 8 heteroatoms. The van der Waals surface area contributed by atoms with Crippen LogP contribution in [-0.4, -0.2) is 34.4 Å². The summed E-state index contributed by atoms with van der Waals surface area (Å²) in [6.07, 6.45) is 0.992. The number of imidazole rings is 1.